The third-order valence-electron chi connectivity index (χ3n) is 3.74. The summed E-state index contributed by atoms with van der Waals surface area (Å²) in [6, 6.07) is 5.27. The molecule has 2 N–H and O–H groups in total. The third kappa shape index (κ3) is 4.93. The number of carbonyl (C=O) groups is 1. The van der Waals surface area contributed by atoms with Crippen LogP contribution in [0.1, 0.15) is 24.5 Å². The molecule has 25 heavy (non-hydrogen) atoms. The van der Waals surface area contributed by atoms with E-state index >= 15 is 0 Å². The SMILES string of the molecule is C=C(C)COc1ccc2c(C)c(CC(=O)NCCCO)c(=O)oc2c1. The summed E-state index contributed by atoms with van der Waals surface area (Å²) in [7, 11) is 0. The summed E-state index contributed by atoms with van der Waals surface area (Å²) < 4.78 is 10.9. The Balaban J connectivity index is 2.25. The average Bonchev–Trinajstić information content (AvgIpc) is 2.56. The summed E-state index contributed by atoms with van der Waals surface area (Å²) in [5.41, 5.74) is 1.84. The van der Waals surface area contributed by atoms with Crippen LogP contribution in [-0.4, -0.2) is 30.8 Å². The highest BCUT2D eigenvalue weighted by atomic mass is 16.5. The molecule has 0 atom stereocenters. The molecule has 0 radical (unpaired) electrons. The molecule has 0 fully saturated rings. The Hall–Kier alpha value is -2.60. The van der Waals surface area contributed by atoms with Crippen molar-refractivity contribution < 1.29 is 19.1 Å². The second-order valence-corrected chi connectivity index (χ2v) is 6.00. The van der Waals surface area contributed by atoms with E-state index < -0.39 is 5.63 Å². The van der Waals surface area contributed by atoms with Crippen molar-refractivity contribution in [2.24, 2.45) is 0 Å². The summed E-state index contributed by atoms with van der Waals surface area (Å²) in [5.74, 6) is 0.317. The van der Waals surface area contributed by atoms with Gasteiger partial charge in [0.05, 0.1) is 12.0 Å². The molecule has 0 aliphatic carbocycles. The monoisotopic (exact) mass is 345 g/mol. The lowest BCUT2D eigenvalue weighted by Crippen LogP contribution is -2.29. The fraction of sp³-hybridized carbons (Fsp3) is 0.368. The minimum absolute atomic E-state index is 0.00715. The number of rotatable bonds is 8. The van der Waals surface area contributed by atoms with E-state index in [4.69, 9.17) is 14.3 Å². The first-order valence-electron chi connectivity index (χ1n) is 8.13. The molecule has 0 spiro atoms. The van der Waals surface area contributed by atoms with Gasteiger partial charge in [-0.1, -0.05) is 6.58 Å². The van der Waals surface area contributed by atoms with Gasteiger partial charge in [0.15, 0.2) is 0 Å². The fourth-order valence-electron chi connectivity index (χ4n) is 2.41. The topological polar surface area (TPSA) is 88.8 Å². The second kappa shape index (κ2) is 8.48. The van der Waals surface area contributed by atoms with Gasteiger partial charge in [-0.25, -0.2) is 4.79 Å². The second-order valence-electron chi connectivity index (χ2n) is 6.00. The average molecular weight is 345 g/mol. The van der Waals surface area contributed by atoms with E-state index in [0.29, 0.717) is 36.5 Å². The Kier molecular flexibility index (Phi) is 6.36. The predicted molar refractivity (Wildman–Crippen MR) is 95.9 cm³/mol. The molecule has 2 aromatic rings. The van der Waals surface area contributed by atoms with E-state index in [-0.39, 0.29) is 18.9 Å². The Morgan fingerprint density at radius 1 is 1.40 bits per heavy atom. The molecule has 0 saturated heterocycles. The zero-order valence-electron chi connectivity index (χ0n) is 14.6. The number of amides is 1. The lowest BCUT2D eigenvalue weighted by Gasteiger charge is -2.10. The summed E-state index contributed by atoms with van der Waals surface area (Å²) in [6.07, 6.45) is 0.424. The highest BCUT2D eigenvalue weighted by Gasteiger charge is 2.15. The third-order valence-corrected chi connectivity index (χ3v) is 3.74. The molecule has 1 aromatic heterocycles. The molecular formula is C19H23NO5. The summed E-state index contributed by atoms with van der Waals surface area (Å²) in [4.78, 5) is 24.2. The number of carbonyl (C=O) groups excluding carboxylic acids is 1. The van der Waals surface area contributed by atoms with Gasteiger partial charge >= 0.3 is 5.63 Å². The molecule has 0 saturated carbocycles. The Morgan fingerprint density at radius 2 is 2.16 bits per heavy atom. The van der Waals surface area contributed by atoms with Crippen molar-refractivity contribution in [3.63, 3.8) is 0 Å². The molecule has 0 aliphatic rings. The van der Waals surface area contributed by atoms with Gasteiger partial charge in [0, 0.05) is 24.6 Å². The molecule has 1 amide bonds. The number of aliphatic hydroxyl groups is 1. The van der Waals surface area contributed by atoms with Crippen molar-refractivity contribution in [1.82, 2.24) is 5.32 Å². The van der Waals surface area contributed by atoms with Gasteiger partial charge in [0.25, 0.3) is 0 Å². The largest absolute Gasteiger partial charge is 0.489 e. The molecule has 0 aliphatic heterocycles. The van der Waals surface area contributed by atoms with Gasteiger partial charge < -0.3 is 19.6 Å². The standard InChI is InChI=1S/C19H23NO5/c1-12(2)11-24-14-5-6-15-13(3)16(19(23)25-17(15)9-14)10-18(22)20-7-4-8-21/h5-6,9,21H,1,4,7-8,10-11H2,2-3H3,(H,20,22). The molecule has 0 bridgehead atoms. The van der Waals surface area contributed by atoms with Crippen molar-refractivity contribution in [3.8, 4) is 5.75 Å². The minimum Gasteiger partial charge on any atom is -0.489 e. The zero-order chi connectivity index (χ0) is 18.4. The number of aliphatic hydroxyl groups excluding tert-OH is 1. The molecule has 6 heteroatoms. The molecule has 0 unspecified atom stereocenters. The molecule has 1 aromatic carbocycles. The first-order valence-corrected chi connectivity index (χ1v) is 8.13. The van der Waals surface area contributed by atoms with Crippen molar-refractivity contribution in [2.45, 2.75) is 26.7 Å². The van der Waals surface area contributed by atoms with Crippen LogP contribution >= 0.6 is 0 Å². The first kappa shape index (κ1) is 18.7. The van der Waals surface area contributed by atoms with Gasteiger partial charge in [-0.3, -0.25) is 4.79 Å². The van der Waals surface area contributed by atoms with Crippen molar-refractivity contribution in [2.75, 3.05) is 19.8 Å². The molecule has 2 rings (SSSR count). The maximum absolute atomic E-state index is 12.3. The van der Waals surface area contributed by atoms with Crippen LogP contribution in [0.3, 0.4) is 0 Å². The number of aryl methyl sites for hydroxylation is 1. The Bertz CT molecular complexity index is 838. The van der Waals surface area contributed by atoms with Crippen LogP contribution in [-0.2, 0) is 11.2 Å². The van der Waals surface area contributed by atoms with E-state index in [2.05, 4.69) is 11.9 Å². The molecular weight excluding hydrogens is 322 g/mol. The van der Waals surface area contributed by atoms with E-state index in [1.54, 1.807) is 19.1 Å². The van der Waals surface area contributed by atoms with Crippen LogP contribution < -0.4 is 15.7 Å². The number of ether oxygens (including phenoxy) is 1. The van der Waals surface area contributed by atoms with Gasteiger partial charge in [0.1, 0.15) is 17.9 Å². The van der Waals surface area contributed by atoms with Crippen LogP contribution in [0.2, 0.25) is 0 Å². The Morgan fingerprint density at radius 3 is 2.84 bits per heavy atom. The number of fused-ring (bicyclic) bond motifs is 1. The quantitative estimate of drug-likeness (QED) is 0.434. The maximum Gasteiger partial charge on any atom is 0.340 e. The maximum atomic E-state index is 12.3. The lowest BCUT2D eigenvalue weighted by molar-refractivity contribution is -0.120. The van der Waals surface area contributed by atoms with Crippen molar-refractivity contribution >= 4 is 16.9 Å². The van der Waals surface area contributed by atoms with Crippen molar-refractivity contribution in [1.29, 1.82) is 0 Å². The number of hydrogen-bond acceptors (Lipinski definition) is 5. The fourth-order valence-corrected chi connectivity index (χ4v) is 2.41. The molecule has 6 nitrogen and oxygen atoms in total. The normalized spacial score (nSPS) is 10.7. The molecule has 1 heterocycles. The van der Waals surface area contributed by atoms with E-state index in [1.807, 2.05) is 13.0 Å². The molecule has 134 valence electrons. The highest BCUT2D eigenvalue weighted by Crippen LogP contribution is 2.24. The minimum atomic E-state index is -0.528. The van der Waals surface area contributed by atoms with Gasteiger partial charge in [0.2, 0.25) is 5.91 Å². The smallest absolute Gasteiger partial charge is 0.340 e. The summed E-state index contributed by atoms with van der Waals surface area (Å²) in [5, 5.41) is 12.2. The zero-order valence-corrected chi connectivity index (χ0v) is 14.6. The summed E-state index contributed by atoms with van der Waals surface area (Å²) >= 11 is 0. The number of benzene rings is 1. The number of nitrogens with one attached hydrogen (secondary N) is 1. The number of hydrogen-bond donors (Lipinski definition) is 2. The lowest BCUT2D eigenvalue weighted by atomic mass is 10.0. The first-order chi connectivity index (χ1) is 11.9. The van der Waals surface area contributed by atoms with Crippen LogP contribution in [0.4, 0.5) is 0 Å². The van der Waals surface area contributed by atoms with Gasteiger partial charge in [-0.2, -0.15) is 0 Å². The van der Waals surface area contributed by atoms with Crippen LogP contribution in [0.15, 0.2) is 39.6 Å². The van der Waals surface area contributed by atoms with E-state index in [1.165, 1.54) is 0 Å². The summed E-state index contributed by atoms with van der Waals surface area (Å²) in [6.45, 7) is 8.20. The van der Waals surface area contributed by atoms with Crippen molar-refractivity contribution in [3.05, 3.63) is 51.9 Å². The van der Waals surface area contributed by atoms with E-state index in [9.17, 15) is 9.59 Å². The van der Waals surface area contributed by atoms with Crippen LogP contribution in [0.5, 0.6) is 5.75 Å². The van der Waals surface area contributed by atoms with Gasteiger partial charge in [-0.15, -0.1) is 0 Å². The predicted octanol–water partition coefficient (Wildman–Crippen LogP) is 2.10. The Labute approximate surface area is 146 Å². The highest BCUT2D eigenvalue weighted by molar-refractivity contribution is 5.85. The van der Waals surface area contributed by atoms with Gasteiger partial charge in [-0.05, 0) is 43.5 Å². The van der Waals surface area contributed by atoms with Crippen LogP contribution in [0.25, 0.3) is 11.0 Å². The van der Waals surface area contributed by atoms with Crippen LogP contribution in [0, 0.1) is 6.92 Å². The van der Waals surface area contributed by atoms with E-state index in [0.717, 1.165) is 16.5 Å².